The number of fused-ring (bicyclic) bond motifs is 5. The Morgan fingerprint density at radius 1 is 0.484 bits per heavy atom. The number of hydrogen-bond acceptors (Lipinski definition) is 17. The van der Waals surface area contributed by atoms with Crippen LogP contribution >= 0.6 is 0 Å². The number of phenols is 2. The number of phenolic OH excluding ortho intramolecular Hbond substituents is 2. The van der Waals surface area contributed by atoms with Crippen LogP contribution in [-0.4, -0.2) is 144 Å². The standard InChI is InChI=1S/C68H86N10O17/c1-67(2,3)94-65(89)71-32-17-25-51-59(83)77-53(38-48-36-46(26-28-55(48)79)47-27-29-56(80)49(37-47)39-54(61(85)75-51)78-66(90)95-68(4,5)6)60(84)74-50(24-16-31-70-62(86)91-40-43-18-10-7-11-19-43)58(82)76-52(30-33-72-63(87)92-41-44-20-12-8-13-21-44)57(81)69-34-35-73-64(88)93-42-45-22-14-9-15-23-45/h7-15,18-23,26-29,36-37,50-54,79-80H,16-17,24-25,30-35,38-42H2,1-6H3,(H,69,81)(H,70,86)(H,71,89)(H,72,87)(H,73,88)(H,74,84)(H,75,85)(H,76,82)(H,77,83)(H,78,90)/t50-,51-,52-,53-,54-/m0/s1. The van der Waals surface area contributed by atoms with Crippen molar-refractivity contribution in [1.29, 1.82) is 0 Å². The van der Waals surface area contributed by atoms with Crippen LogP contribution in [0.1, 0.15) is 101 Å². The van der Waals surface area contributed by atoms with Gasteiger partial charge in [0.25, 0.3) is 0 Å². The molecule has 12 N–H and O–H groups in total. The lowest BCUT2D eigenvalue weighted by molar-refractivity contribution is -0.135. The first kappa shape index (κ1) is 73.5. The zero-order valence-electron chi connectivity index (χ0n) is 54.1. The normalized spacial score (nSPS) is 15.3. The Bertz CT molecular complexity index is 3400. The second kappa shape index (κ2) is 36.6. The van der Waals surface area contributed by atoms with Crippen molar-refractivity contribution in [3.05, 3.63) is 155 Å². The summed E-state index contributed by atoms with van der Waals surface area (Å²) in [5, 5.41) is 49.0. The van der Waals surface area contributed by atoms with Crippen molar-refractivity contribution in [1.82, 2.24) is 53.2 Å². The van der Waals surface area contributed by atoms with Gasteiger partial charge in [0.2, 0.25) is 29.5 Å². The summed E-state index contributed by atoms with van der Waals surface area (Å²) >= 11 is 0. The third-order valence-electron chi connectivity index (χ3n) is 14.2. The van der Waals surface area contributed by atoms with Crippen LogP contribution in [0.2, 0.25) is 0 Å². The zero-order chi connectivity index (χ0) is 68.9. The molecule has 0 unspecified atom stereocenters. The minimum Gasteiger partial charge on any atom is -0.508 e. The first-order chi connectivity index (χ1) is 45.3. The maximum absolute atomic E-state index is 15.2. The second-order valence-electron chi connectivity index (χ2n) is 24.3. The lowest BCUT2D eigenvalue weighted by Gasteiger charge is -2.28. The van der Waals surface area contributed by atoms with E-state index in [1.165, 1.54) is 12.1 Å². The molecule has 95 heavy (non-hydrogen) atoms. The highest BCUT2D eigenvalue weighted by atomic mass is 16.6. The van der Waals surface area contributed by atoms with Crippen molar-refractivity contribution in [2.24, 2.45) is 0 Å². The van der Waals surface area contributed by atoms with E-state index >= 15 is 4.79 Å². The summed E-state index contributed by atoms with van der Waals surface area (Å²) in [6.45, 7) is 9.07. The second-order valence-corrected chi connectivity index (χ2v) is 24.3. The van der Waals surface area contributed by atoms with E-state index in [1.54, 1.807) is 151 Å². The Morgan fingerprint density at radius 2 is 0.937 bits per heavy atom. The van der Waals surface area contributed by atoms with E-state index in [0.717, 1.165) is 11.1 Å². The molecule has 0 radical (unpaired) electrons. The van der Waals surface area contributed by atoms with Gasteiger partial charge in [-0.25, -0.2) is 24.0 Å². The molecule has 0 aliphatic carbocycles. The molecule has 1 heterocycles. The van der Waals surface area contributed by atoms with Crippen LogP contribution in [-0.2, 0) is 80.3 Å². The number of amides is 10. The average molecular weight is 1320 g/mol. The van der Waals surface area contributed by atoms with Crippen LogP contribution in [0.15, 0.2) is 127 Å². The molecule has 27 heteroatoms. The topological polar surface area (TPSA) is 378 Å². The Kier molecular flexibility index (Phi) is 28.3. The molecule has 1 aliphatic rings. The number of nitrogens with one attached hydrogen (secondary N) is 10. The van der Waals surface area contributed by atoms with E-state index < -0.39 is 108 Å². The van der Waals surface area contributed by atoms with Gasteiger partial charge < -0.3 is 87.1 Å². The van der Waals surface area contributed by atoms with Gasteiger partial charge in [0.05, 0.1) is 0 Å². The van der Waals surface area contributed by atoms with Gasteiger partial charge in [0.15, 0.2) is 0 Å². The fourth-order valence-corrected chi connectivity index (χ4v) is 9.48. The largest absolute Gasteiger partial charge is 0.508 e. The average Bonchev–Trinajstić information content (AvgIpc) is 1.66. The van der Waals surface area contributed by atoms with Gasteiger partial charge >= 0.3 is 30.5 Å². The number of aromatic hydroxyl groups is 2. The van der Waals surface area contributed by atoms with E-state index in [4.69, 9.17) is 23.7 Å². The molecular formula is C68H86N10O17. The van der Waals surface area contributed by atoms with E-state index in [0.29, 0.717) is 16.7 Å². The number of rotatable bonds is 26. The minimum atomic E-state index is -1.68. The number of benzene rings is 5. The molecule has 4 bridgehead atoms. The lowest BCUT2D eigenvalue weighted by atomic mass is 9.95. The third-order valence-corrected chi connectivity index (χ3v) is 14.2. The summed E-state index contributed by atoms with van der Waals surface area (Å²) in [7, 11) is 0. The molecular weight excluding hydrogens is 1230 g/mol. The Morgan fingerprint density at radius 3 is 1.46 bits per heavy atom. The van der Waals surface area contributed by atoms with Gasteiger partial charge in [-0.3, -0.25) is 24.0 Å². The molecule has 6 rings (SSSR count). The van der Waals surface area contributed by atoms with E-state index in [-0.39, 0.29) is 114 Å². The highest BCUT2D eigenvalue weighted by Crippen LogP contribution is 2.31. The smallest absolute Gasteiger partial charge is 0.408 e. The van der Waals surface area contributed by atoms with Crippen LogP contribution in [0.3, 0.4) is 0 Å². The molecule has 0 fully saturated rings. The predicted molar refractivity (Wildman–Crippen MR) is 348 cm³/mol. The Labute approximate surface area is 551 Å². The highest BCUT2D eigenvalue weighted by molar-refractivity contribution is 5.96. The van der Waals surface area contributed by atoms with Gasteiger partial charge in [0.1, 0.15) is 72.7 Å². The van der Waals surface area contributed by atoms with Crippen molar-refractivity contribution in [3.8, 4) is 22.6 Å². The number of hydrogen-bond donors (Lipinski definition) is 12. The Balaban J connectivity index is 1.31. The number of alkyl carbamates (subject to hydrolysis) is 5. The molecule has 0 aromatic heterocycles. The minimum absolute atomic E-state index is 0.00503. The fraction of sp³-hybridized carbons (Fsp3) is 0.412. The number of carbonyl (C=O) groups excluding carboxylic acids is 10. The summed E-state index contributed by atoms with van der Waals surface area (Å²) in [4.78, 5) is 138. The Hall–Kier alpha value is -10.6. The van der Waals surface area contributed by atoms with E-state index in [2.05, 4.69) is 53.2 Å². The zero-order valence-corrected chi connectivity index (χ0v) is 54.1. The summed E-state index contributed by atoms with van der Waals surface area (Å²) in [5.41, 5.74) is 1.53. The molecule has 27 nitrogen and oxygen atoms in total. The van der Waals surface area contributed by atoms with Crippen molar-refractivity contribution >= 4 is 60.0 Å². The first-order valence-corrected chi connectivity index (χ1v) is 31.2. The molecule has 0 spiro atoms. The summed E-state index contributed by atoms with van der Waals surface area (Å²) in [6.07, 6.45) is -5.60. The van der Waals surface area contributed by atoms with E-state index in [9.17, 15) is 53.4 Å². The van der Waals surface area contributed by atoms with Crippen LogP contribution in [0, 0.1) is 0 Å². The van der Waals surface area contributed by atoms with Crippen molar-refractivity contribution < 1.29 is 81.8 Å². The van der Waals surface area contributed by atoms with Gasteiger partial charge in [0, 0.05) is 45.6 Å². The number of carbonyl (C=O) groups is 10. The van der Waals surface area contributed by atoms with Crippen LogP contribution in [0.5, 0.6) is 11.5 Å². The summed E-state index contributed by atoms with van der Waals surface area (Å²) < 4.78 is 26.9. The van der Waals surface area contributed by atoms with Crippen molar-refractivity contribution in [2.75, 3.05) is 32.7 Å². The maximum Gasteiger partial charge on any atom is 0.408 e. The quantitative estimate of drug-likeness (QED) is 0.0221. The van der Waals surface area contributed by atoms with Crippen LogP contribution < -0.4 is 53.2 Å². The molecule has 0 saturated heterocycles. The monoisotopic (exact) mass is 1310 g/mol. The molecule has 0 saturated carbocycles. The van der Waals surface area contributed by atoms with Gasteiger partial charge in [-0.1, -0.05) is 103 Å². The van der Waals surface area contributed by atoms with Crippen LogP contribution in [0.4, 0.5) is 24.0 Å². The molecule has 5 aromatic rings. The number of ether oxygens (including phenoxy) is 5. The summed E-state index contributed by atoms with van der Waals surface area (Å²) in [6, 6.07) is 28.0. The highest BCUT2D eigenvalue weighted by Gasteiger charge is 2.35. The van der Waals surface area contributed by atoms with Gasteiger partial charge in [-0.2, -0.15) is 0 Å². The third kappa shape index (κ3) is 26.9. The summed E-state index contributed by atoms with van der Waals surface area (Å²) in [5.74, 6) is -5.16. The molecule has 510 valence electrons. The predicted octanol–water partition coefficient (Wildman–Crippen LogP) is 6.07. The van der Waals surface area contributed by atoms with E-state index in [1.807, 2.05) is 6.07 Å². The molecule has 5 aromatic carbocycles. The molecule has 10 amide bonds. The SMILES string of the molecule is CC(C)(C)OC(=O)NCCC[C@@H]1NC(=O)[C@@H](NC(=O)OC(C)(C)C)Cc2cc(ccc2O)-c2ccc(O)c(c2)C[C@@H](C(=O)N[C@@H](CCCNC(=O)OCc2ccccc2)C(=O)N[C@@H](CCNC(=O)OCc2ccccc2)C(=O)NCCNC(=O)OCc2ccccc2)NC1=O. The first-order valence-electron chi connectivity index (χ1n) is 31.2. The maximum atomic E-state index is 15.2. The molecule has 5 atom stereocenters. The van der Waals surface area contributed by atoms with Gasteiger partial charge in [-0.05, 0) is 137 Å². The fourth-order valence-electron chi connectivity index (χ4n) is 9.48. The van der Waals surface area contributed by atoms with Crippen molar-refractivity contribution in [2.45, 2.75) is 148 Å². The van der Waals surface area contributed by atoms with Crippen molar-refractivity contribution in [3.63, 3.8) is 0 Å². The van der Waals surface area contributed by atoms with Gasteiger partial charge in [-0.15, -0.1) is 0 Å². The van der Waals surface area contributed by atoms with Crippen LogP contribution in [0.25, 0.3) is 11.1 Å². The molecule has 1 aliphatic heterocycles. The lowest BCUT2D eigenvalue weighted by Crippen LogP contribution is -2.60.